The molecule has 388 valence electrons. The van der Waals surface area contributed by atoms with Gasteiger partial charge in [-0.2, -0.15) is 0 Å². The summed E-state index contributed by atoms with van der Waals surface area (Å²) in [6, 6.07) is 68.2. The van der Waals surface area contributed by atoms with Gasteiger partial charge in [-0.1, -0.05) is 111 Å². The largest absolute Gasteiger partial charge is 0.436 e. The van der Waals surface area contributed by atoms with Gasteiger partial charge < -0.3 is 22.7 Å². The molecule has 7 heteroatoms. The summed E-state index contributed by atoms with van der Waals surface area (Å²) in [5, 5.41) is 9.41. The van der Waals surface area contributed by atoms with E-state index in [9.17, 15) is 0 Å². The Morgan fingerprint density at radius 2 is 0.617 bits per heavy atom. The first kappa shape index (κ1) is 47.1. The third-order valence-corrected chi connectivity index (χ3v) is 17.1. The molecule has 0 saturated carbocycles. The lowest BCUT2D eigenvalue weighted by Crippen LogP contribution is -2.16. The van der Waals surface area contributed by atoms with Crippen molar-refractivity contribution in [1.82, 2.24) is 28.2 Å². The summed E-state index contributed by atoms with van der Waals surface area (Å²) in [4.78, 5) is 10.7. The van der Waals surface area contributed by atoms with Crippen molar-refractivity contribution in [2.45, 2.75) is 55.4 Å². The molecule has 0 amide bonds. The molecule has 0 spiro atoms. The monoisotopic (exact) mass is 1040 g/mol. The molecule has 0 aliphatic rings. The Labute approximate surface area is 468 Å². The van der Waals surface area contributed by atoms with Crippen LogP contribution < -0.4 is 0 Å². The van der Waals surface area contributed by atoms with Crippen molar-refractivity contribution in [2.24, 2.45) is 0 Å². The lowest BCUT2D eigenvalue weighted by molar-refractivity contribution is 0.619. The van der Waals surface area contributed by atoms with E-state index in [0.29, 0.717) is 11.5 Å². The second-order valence-electron chi connectivity index (χ2n) is 22.9. The number of para-hydroxylation sites is 2. The Bertz CT molecular complexity index is 5120. The molecule has 6 aromatic heterocycles. The highest BCUT2D eigenvalue weighted by atomic mass is 16.3. The average molecular weight is 1050 g/mol. The standard InChI is InChI=1S/C74H56N6O/c1-41-15-23-59-50(32-41)51-33-42(2)16-24-60(51)77(59)70-68(49-12-11-31-75-40-49)69(74-76-58-13-9-10-14-67(58)81-74)71(78-61-25-17-43(3)34-52(61)53-35-44(4)18-26-62(53)78)73(80-65-29-21-47(7)38-56(65)57-39-48(8)22-30-66(57)80)72(70)79-63-27-19-45(5)36-54(63)55-37-46(6)20-28-64(55)79/h9-40H,1-8H3. The lowest BCUT2D eigenvalue weighted by Gasteiger charge is -2.30. The summed E-state index contributed by atoms with van der Waals surface area (Å²) >= 11 is 0. The van der Waals surface area contributed by atoms with Gasteiger partial charge in [0.15, 0.2) is 5.58 Å². The fourth-order valence-electron chi connectivity index (χ4n) is 13.5. The normalized spacial score (nSPS) is 12.2. The Balaban J connectivity index is 1.32. The summed E-state index contributed by atoms with van der Waals surface area (Å²) in [6.45, 7) is 17.6. The number of benzene rings is 10. The highest BCUT2D eigenvalue weighted by Gasteiger charge is 2.37. The number of nitrogens with zero attached hydrogens (tertiary/aromatic N) is 6. The molecule has 10 aromatic carbocycles. The van der Waals surface area contributed by atoms with Crippen LogP contribution in [0.25, 0.3) is 144 Å². The fourth-order valence-corrected chi connectivity index (χ4v) is 13.5. The van der Waals surface area contributed by atoms with Gasteiger partial charge in [-0.15, -0.1) is 0 Å². The molecule has 0 saturated heterocycles. The predicted molar refractivity (Wildman–Crippen MR) is 338 cm³/mol. The molecule has 6 heterocycles. The van der Waals surface area contributed by atoms with Crippen molar-refractivity contribution in [1.29, 1.82) is 0 Å². The second-order valence-corrected chi connectivity index (χ2v) is 22.9. The smallest absolute Gasteiger partial charge is 0.230 e. The van der Waals surface area contributed by atoms with E-state index in [1.54, 1.807) is 0 Å². The van der Waals surface area contributed by atoms with E-state index in [1.165, 1.54) is 87.6 Å². The highest BCUT2D eigenvalue weighted by Crippen LogP contribution is 2.55. The highest BCUT2D eigenvalue weighted by molar-refractivity contribution is 6.19. The molecule has 0 radical (unpaired) electrons. The molecule has 81 heavy (non-hydrogen) atoms. The van der Waals surface area contributed by atoms with Gasteiger partial charge in [-0.3, -0.25) is 4.98 Å². The van der Waals surface area contributed by atoms with Crippen LogP contribution in [-0.4, -0.2) is 28.2 Å². The van der Waals surface area contributed by atoms with Crippen molar-refractivity contribution in [3.63, 3.8) is 0 Å². The topological polar surface area (TPSA) is 58.6 Å². The van der Waals surface area contributed by atoms with Crippen molar-refractivity contribution in [3.8, 4) is 45.3 Å². The van der Waals surface area contributed by atoms with Crippen molar-refractivity contribution in [3.05, 3.63) is 239 Å². The van der Waals surface area contributed by atoms with Crippen LogP contribution in [0.3, 0.4) is 0 Å². The van der Waals surface area contributed by atoms with Gasteiger partial charge in [0.25, 0.3) is 0 Å². The van der Waals surface area contributed by atoms with Gasteiger partial charge in [0.1, 0.15) is 5.52 Å². The number of fused-ring (bicyclic) bond motifs is 13. The van der Waals surface area contributed by atoms with Crippen LogP contribution in [0.2, 0.25) is 0 Å². The molecule has 0 aliphatic carbocycles. The molecule has 0 fully saturated rings. The molecular weight excluding hydrogens is 989 g/mol. The summed E-state index contributed by atoms with van der Waals surface area (Å²) in [5.41, 5.74) is 26.2. The van der Waals surface area contributed by atoms with Gasteiger partial charge in [0, 0.05) is 66.6 Å². The third kappa shape index (κ3) is 6.88. The van der Waals surface area contributed by atoms with Gasteiger partial charge in [-0.05, 0) is 171 Å². The van der Waals surface area contributed by atoms with Crippen molar-refractivity contribution in [2.75, 3.05) is 0 Å². The number of oxazole rings is 1. The van der Waals surface area contributed by atoms with Crippen LogP contribution in [0, 0.1) is 55.4 Å². The van der Waals surface area contributed by atoms with E-state index >= 15 is 0 Å². The van der Waals surface area contributed by atoms with Crippen LogP contribution in [0.15, 0.2) is 199 Å². The maximum absolute atomic E-state index is 7.40. The molecule has 7 nitrogen and oxygen atoms in total. The van der Waals surface area contributed by atoms with Crippen LogP contribution in [0.1, 0.15) is 44.5 Å². The first-order valence-corrected chi connectivity index (χ1v) is 28.0. The first-order chi connectivity index (χ1) is 39.4. The van der Waals surface area contributed by atoms with Gasteiger partial charge in [0.05, 0.1) is 72.4 Å². The Morgan fingerprint density at radius 1 is 0.309 bits per heavy atom. The maximum Gasteiger partial charge on any atom is 0.230 e. The zero-order valence-corrected chi connectivity index (χ0v) is 46.6. The van der Waals surface area contributed by atoms with Gasteiger partial charge >= 0.3 is 0 Å². The van der Waals surface area contributed by atoms with Crippen LogP contribution in [-0.2, 0) is 0 Å². The average Bonchev–Trinajstić information content (AvgIpc) is 4.47. The third-order valence-electron chi connectivity index (χ3n) is 17.1. The summed E-state index contributed by atoms with van der Waals surface area (Å²) in [6.07, 6.45) is 3.91. The zero-order chi connectivity index (χ0) is 54.7. The minimum atomic E-state index is 0.502. The Morgan fingerprint density at radius 3 is 0.926 bits per heavy atom. The van der Waals surface area contributed by atoms with E-state index in [4.69, 9.17) is 14.4 Å². The maximum atomic E-state index is 7.40. The van der Waals surface area contributed by atoms with Crippen LogP contribution >= 0.6 is 0 Å². The van der Waals surface area contributed by atoms with E-state index < -0.39 is 0 Å². The molecule has 0 atom stereocenters. The minimum Gasteiger partial charge on any atom is -0.436 e. The number of hydrogen-bond donors (Lipinski definition) is 0. The number of aromatic nitrogens is 6. The van der Waals surface area contributed by atoms with E-state index in [1.807, 2.05) is 30.6 Å². The van der Waals surface area contributed by atoms with Gasteiger partial charge in [-0.25, -0.2) is 4.98 Å². The van der Waals surface area contributed by atoms with Crippen molar-refractivity contribution >= 4 is 98.3 Å². The second kappa shape index (κ2) is 17.3. The van der Waals surface area contributed by atoms with E-state index in [2.05, 4.69) is 237 Å². The van der Waals surface area contributed by atoms with Crippen molar-refractivity contribution < 1.29 is 4.42 Å². The van der Waals surface area contributed by atoms with Gasteiger partial charge in [0.2, 0.25) is 5.89 Å². The van der Waals surface area contributed by atoms with Crippen LogP contribution in [0.4, 0.5) is 0 Å². The van der Waals surface area contributed by atoms with E-state index in [0.717, 1.165) is 89.1 Å². The quantitative estimate of drug-likeness (QED) is 0.167. The molecule has 0 bridgehead atoms. The van der Waals surface area contributed by atoms with E-state index in [-0.39, 0.29) is 0 Å². The number of hydrogen-bond acceptors (Lipinski definition) is 3. The molecule has 16 rings (SSSR count). The predicted octanol–water partition coefficient (Wildman–Crippen LogP) is 19.4. The molecule has 16 aromatic rings. The Kier molecular flexibility index (Phi) is 10.0. The summed E-state index contributed by atoms with van der Waals surface area (Å²) in [7, 11) is 0. The summed E-state index contributed by atoms with van der Waals surface area (Å²) in [5.74, 6) is 0.502. The Hall–Kier alpha value is -9.98. The lowest BCUT2D eigenvalue weighted by atomic mass is 9.92. The molecule has 0 N–H and O–H groups in total. The number of rotatable bonds is 6. The zero-order valence-electron chi connectivity index (χ0n) is 46.6. The fraction of sp³-hybridized carbons (Fsp3) is 0.108. The molecule has 0 unspecified atom stereocenters. The minimum absolute atomic E-state index is 0.502. The number of pyridine rings is 1. The first-order valence-electron chi connectivity index (χ1n) is 28.0. The SMILES string of the molecule is Cc1ccc2c(c1)c1cc(C)ccc1n2-c1c(-c2cccnc2)c(-c2nc3ccccc3o2)c(-n2c3ccc(C)cc3c3cc(C)ccc32)c(-n2c3ccc(C)cc3c3cc(C)ccc32)c1-n1c2ccc(C)cc2c2cc(C)ccc21. The molecular formula is C74H56N6O. The van der Waals surface area contributed by atoms with Crippen LogP contribution in [0.5, 0.6) is 0 Å². The number of aryl methyl sites for hydroxylation is 8. The molecule has 0 aliphatic heterocycles. The summed E-state index contributed by atoms with van der Waals surface area (Å²) < 4.78 is 17.7.